The number of anilines is 2. The van der Waals surface area contributed by atoms with E-state index >= 15 is 0 Å². The molecule has 0 atom stereocenters. The lowest BCUT2D eigenvalue weighted by Gasteiger charge is -2.09. The highest BCUT2D eigenvalue weighted by Crippen LogP contribution is 2.18. The van der Waals surface area contributed by atoms with E-state index in [9.17, 15) is 17.6 Å². The van der Waals surface area contributed by atoms with Crippen molar-refractivity contribution in [1.29, 1.82) is 5.26 Å². The molecule has 0 radical (unpaired) electrons. The SMILES string of the molecule is N#Cc1ccc(NS(=O)(=O)c2ccc(C(=O)Nc3ccccc3F)cc2)cc1. The molecule has 0 aliphatic heterocycles. The number of nitrogens with zero attached hydrogens (tertiary/aromatic N) is 1. The van der Waals surface area contributed by atoms with Gasteiger partial charge in [-0.25, -0.2) is 12.8 Å². The summed E-state index contributed by atoms with van der Waals surface area (Å²) >= 11 is 0. The molecule has 0 bridgehead atoms. The topological polar surface area (TPSA) is 99.1 Å². The number of para-hydroxylation sites is 1. The molecule has 1 amide bonds. The van der Waals surface area contributed by atoms with Crippen molar-refractivity contribution in [3.8, 4) is 6.07 Å². The van der Waals surface area contributed by atoms with Crippen LogP contribution in [0.25, 0.3) is 0 Å². The quantitative estimate of drug-likeness (QED) is 0.687. The summed E-state index contributed by atoms with van der Waals surface area (Å²) in [5, 5.41) is 11.2. The van der Waals surface area contributed by atoms with Gasteiger partial charge in [-0.15, -0.1) is 0 Å². The molecular formula is C20H14FN3O3S. The Morgan fingerprint density at radius 1 is 0.929 bits per heavy atom. The van der Waals surface area contributed by atoms with E-state index < -0.39 is 21.7 Å². The van der Waals surface area contributed by atoms with Crippen molar-refractivity contribution >= 4 is 27.3 Å². The Morgan fingerprint density at radius 3 is 2.18 bits per heavy atom. The average molecular weight is 395 g/mol. The zero-order valence-corrected chi connectivity index (χ0v) is 15.2. The summed E-state index contributed by atoms with van der Waals surface area (Å²) in [5.41, 5.74) is 0.931. The first kappa shape index (κ1) is 19.1. The Bertz CT molecular complexity index is 1150. The van der Waals surface area contributed by atoms with E-state index in [4.69, 9.17) is 5.26 Å². The zero-order valence-electron chi connectivity index (χ0n) is 14.4. The van der Waals surface area contributed by atoms with E-state index in [-0.39, 0.29) is 16.1 Å². The second kappa shape index (κ2) is 7.90. The number of nitriles is 1. The molecule has 2 N–H and O–H groups in total. The molecule has 0 fully saturated rings. The van der Waals surface area contributed by atoms with Crippen LogP contribution in [-0.4, -0.2) is 14.3 Å². The highest BCUT2D eigenvalue weighted by molar-refractivity contribution is 7.92. The van der Waals surface area contributed by atoms with Crippen LogP contribution in [0.15, 0.2) is 77.7 Å². The molecule has 0 aliphatic carbocycles. The van der Waals surface area contributed by atoms with E-state index in [2.05, 4.69) is 10.0 Å². The van der Waals surface area contributed by atoms with Crippen LogP contribution in [0.4, 0.5) is 15.8 Å². The number of nitrogens with one attached hydrogen (secondary N) is 2. The molecule has 0 saturated heterocycles. The number of rotatable bonds is 5. The number of amides is 1. The van der Waals surface area contributed by atoms with Gasteiger partial charge < -0.3 is 5.32 Å². The van der Waals surface area contributed by atoms with Crippen molar-refractivity contribution in [2.75, 3.05) is 10.0 Å². The Balaban J connectivity index is 1.74. The van der Waals surface area contributed by atoms with Crippen molar-refractivity contribution in [2.24, 2.45) is 0 Å². The summed E-state index contributed by atoms with van der Waals surface area (Å²) in [6, 6.07) is 18.9. The third-order valence-corrected chi connectivity index (χ3v) is 5.21. The smallest absolute Gasteiger partial charge is 0.261 e. The zero-order chi connectivity index (χ0) is 20.1. The van der Waals surface area contributed by atoms with Crippen molar-refractivity contribution in [3.05, 3.63) is 89.7 Å². The fourth-order valence-electron chi connectivity index (χ4n) is 2.37. The minimum atomic E-state index is -3.87. The van der Waals surface area contributed by atoms with Crippen LogP contribution >= 0.6 is 0 Å². The van der Waals surface area contributed by atoms with Gasteiger partial charge in [0, 0.05) is 11.3 Å². The molecule has 28 heavy (non-hydrogen) atoms. The molecule has 0 spiro atoms. The van der Waals surface area contributed by atoms with Crippen molar-refractivity contribution < 1.29 is 17.6 Å². The number of carbonyl (C=O) groups is 1. The van der Waals surface area contributed by atoms with Crippen LogP contribution in [0.1, 0.15) is 15.9 Å². The van der Waals surface area contributed by atoms with Crippen LogP contribution in [0.3, 0.4) is 0 Å². The van der Waals surface area contributed by atoms with Crippen molar-refractivity contribution in [3.63, 3.8) is 0 Å². The van der Waals surface area contributed by atoms with Crippen LogP contribution in [0, 0.1) is 17.1 Å². The first-order chi connectivity index (χ1) is 13.4. The van der Waals surface area contributed by atoms with Crippen LogP contribution in [0.5, 0.6) is 0 Å². The van der Waals surface area contributed by atoms with Crippen LogP contribution in [0.2, 0.25) is 0 Å². The third kappa shape index (κ3) is 4.34. The molecule has 0 aromatic heterocycles. The summed E-state index contributed by atoms with van der Waals surface area (Å²) in [6.07, 6.45) is 0. The minimum absolute atomic E-state index is 0.0340. The fraction of sp³-hybridized carbons (Fsp3) is 0. The number of carbonyl (C=O) groups excluding carboxylic acids is 1. The number of halogens is 1. The van der Waals surface area contributed by atoms with Gasteiger partial charge in [-0.05, 0) is 60.7 Å². The molecule has 3 aromatic carbocycles. The molecule has 0 heterocycles. The maximum atomic E-state index is 13.6. The molecule has 0 saturated carbocycles. The minimum Gasteiger partial charge on any atom is -0.319 e. The average Bonchev–Trinajstić information content (AvgIpc) is 2.70. The summed E-state index contributed by atoms with van der Waals surface area (Å²) < 4.78 is 40.9. The van der Waals surface area contributed by atoms with Gasteiger partial charge >= 0.3 is 0 Å². The van der Waals surface area contributed by atoms with E-state index in [1.54, 1.807) is 6.07 Å². The molecule has 0 unspecified atom stereocenters. The standard InChI is InChI=1S/C20H14FN3O3S/c21-18-3-1-2-4-19(18)23-20(25)15-7-11-17(12-8-15)28(26,27)24-16-9-5-14(13-22)6-10-16/h1-12,24H,(H,23,25). The lowest BCUT2D eigenvalue weighted by molar-refractivity contribution is 0.102. The highest BCUT2D eigenvalue weighted by Gasteiger charge is 2.16. The Hall–Kier alpha value is -3.70. The van der Waals surface area contributed by atoms with Gasteiger partial charge in [0.2, 0.25) is 0 Å². The van der Waals surface area contributed by atoms with Crippen LogP contribution < -0.4 is 10.0 Å². The van der Waals surface area contributed by atoms with Gasteiger partial charge in [0.25, 0.3) is 15.9 Å². The van der Waals surface area contributed by atoms with Crippen LogP contribution in [-0.2, 0) is 10.0 Å². The Kier molecular flexibility index (Phi) is 5.38. The first-order valence-corrected chi connectivity index (χ1v) is 9.56. The fourth-order valence-corrected chi connectivity index (χ4v) is 3.43. The van der Waals surface area contributed by atoms with E-state index in [1.807, 2.05) is 6.07 Å². The van der Waals surface area contributed by atoms with Crippen molar-refractivity contribution in [1.82, 2.24) is 0 Å². The summed E-state index contributed by atoms with van der Waals surface area (Å²) in [7, 11) is -3.87. The monoisotopic (exact) mass is 395 g/mol. The third-order valence-electron chi connectivity index (χ3n) is 3.82. The molecule has 0 aliphatic rings. The number of hydrogen-bond acceptors (Lipinski definition) is 4. The van der Waals surface area contributed by atoms with Gasteiger partial charge in [0.05, 0.1) is 22.2 Å². The van der Waals surface area contributed by atoms with Crippen molar-refractivity contribution in [2.45, 2.75) is 4.90 Å². The van der Waals surface area contributed by atoms with E-state index in [0.717, 1.165) is 0 Å². The van der Waals surface area contributed by atoms with Gasteiger partial charge in [0.1, 0.15) is 5.82 Å². The van der Waals surface area contributed by atoms with Gasteiger partial charge in [-0.3, -0.25) is 9.52 Å². The molecule has 140 valence electrons. The molecular weight excluding hydrogens is 381 g/mol. The summed E-state index contributed by atoms with van der Waals surface area (Å²) in [4.78, 5) is 12.2. The second-order valence-corrected chi connectivity index (χ2v) is 7.44. The first-order valence-electron chi connectivity index (χ1n) is 8.08. The normalized spacial score (nSPS) is 10.7. The Morgan fingerprint density at radius 2 is 1.57 bits per heavy atom. The Labute approximate surface area is 161 Å². The summed E-state index contributed by atoms with van der Waals surface area (Å²) in [5.74, 6) is -1.13. The predicted molar refractivity (Wildman–Crippen MR) is 103 cm³/mol. The lowest BCUT2D eigenvalue weighted by Crippen LogP contribution is -2.15. The second-order valence-electron chi connectivity index (χ2n) is 5.75. The maximum absolute atomic E-state index is 13.6. The maximum Gasteiger partial charge on any atom is 0.261 e. The molecule has 3 rings (SSSR count). The highest BCUT2D eigenvalue weighted by atomic mass is 32.2. The van der Waals surface area contributed by atoms with E-state index in [0.29, 0.717) is 11.3 Å². The summed E-state index contributed by atoms with van der Waals surface area (Å²) in [6.45, 7) is 0. The largest absolute Gasteiger partial charge is 0.319 e. The number of sulfonamides is 1. The predicted octanol–water partition coefficient (Wildman–Crippen LogP) is 3.75. The molecule has 3 aromatic rings. The number of hydrogen-bond donors (Lipinski definition) is 2. The number of benzene rings is 3. The van der Waals surface area contributed by atoms with E-state index in [1.165, 1.54) is 66.7 Å². The lowest BCUT2D eigenvalue weighted by atomic mass is 10.2. The van der Waals surface area contributed by atoms with Gasteiger partial charge in [0.15, 0.2) is 0 Å². The molecule has 8 heteroatoms. The molecule has 6 nitrogen and oxygen atoms in total. The van der Waals surface area contributed by atoms with Gasteiger partial charge in [-0.1, -0.05) is 12.1 Å². The van der Waals surface area contributed by atoms with Gasteiger partial charge in [-0.2, -0.15) is 5.26 Å².